The summed E-state index contributed by atoms with van der Waals surface area (Å²) in [5, 5.41) is 17.0. The molecule has 0 atom stereocenters. The monoisotopic (exact) mass is 226 g/mol. The summed E-state index contributed by atoms with van der Waals surface area (Å²) in [7, 11) is 0. The third-order valence-corrected chi connectivity index (χ3v) is 2.61. The second kappa shape index (κ2) is 3.47. The van der Waals surface area contributed by atoms with E-state index in [9.17, 15) is 14.4 Å². The van der Waals surface area contributed by atoms with E-state index < -0.39 is 22.6 Å². The highest BCUT2D eigenvalue weighted by Gasteiger charge is 2.50. The van der Waals surface area contributed by atoms with Crippen LogP contribution >= 0.6 is 0 Å². The molecule has 1 saturated carbocycles. The van der Waals surface area contributed by atoms with Crippen molar-refractivity contribution in [2.45, 2.75) is 12.8 Å². The zero-order chi connectivity index (χ0) is 11.8. The molecular formula is C8H10N4O4. The molecule has 0 radical (unpaired) electrons. The molecule has 0 aromatic carbocycles. The Labute approximate surface area is 88.7 Å². The summed E-state index contributed by atoms with van der Waals surface area (Å²) in [6, 6.07) is 0. The van der Waals surface area contributed by atoms with E-state index in [0.29, 0.717) is 12.8 Å². The molecule has 1 aromatic heterocycles. The molecular weight excluding hydrogens is 216 g/mol. The molecule has 16 heavy (non-hydrogen) atoms. The van der Waals surface area contributed by atoms with E-state index >= 15 is 0 Å². The number of carboxylic acid groups (broad SMARTS) is 1. The summed E-state index contributed by atoms with van der Waals surface area (Å²) in [5.74, 6) is -0.965. The summed E-state index contributed by atoms with van der Waals surface area (Å²) >= 11 is 0. The standard InChI is InChI=1S/C8H10N4O4/c13-5-4(11-12-7(16)10-5)9-3-8(1-2-8)6(14)15/h1-3H2,(H,9,11)(H,14,15)(H2,10,12,13,16). The molecule has 4 N–H and O–H groups in total. The van der Waals surface area contributed by atoms with Crippen molar-refractivity contribution in [1.82, 2.24) is 15.2 Å². The van der Waals surface area contributed by atoms with Crippen LogP contribution in [0.2, 0.25) is 0 Å². The molecule has 0 unspecified atom stereocenters. The number of aromatic amines is 2. The molecule has 1 fully saturated rings. The van der Waals surface area contributed by atoms with Crippen molar-refractivity contribution < 1.29 is 9.90 Å². The van der Waals surface area contributed by atoms with Gasteiger partial charge in [0.05, 0.1) is 5.41 Å². The average Bonchev–Trinajstić information content (AvgIpc) is 2.97. The molecule has 8 nitrogen and oxygen atoms in total. The molecule has 86 valence electrons. The molecule has 1 aliphatic rings. The number of nitrogens with one attached hydrogen (secondary N) is 3. The van der Waals surface area contributed by atoms with Crippen LogP contribution in [0.3, 0.4) is 0 Å². The van der Waals surface area contributed by atoms with Gasteiger partial charge in [-0.3, -0.25) is 14.6 Å². The van der Waals surface area contributed by atoms with Crippen molar-refractivity contribution >= 4 is 11.8 Å². The quantitative estimate of drug-likeness (QED) is 0.507. The summed E-state index contributed by atoms with van der Waals surface area (Å²) in [6.07, 6.45) is 1.16. The lowest BCUT2D eigenvalue weighted by molar-refractivity contribution is -0.142. The van der Waals surface area contributed by atoms with Crippen LogP contribution in [0.25, 0.3) is 0 Å². The van der Waals surface area contributed by atoms with Crippen LogP contribution in [0.5, 0.6) is 0 Å². The Morgan fingerprint density at radius 3 is 2.69 bits per heavy atom. The highest BCUT2D eigenvalue weighted by molar-refractivity contribution is 5.78. The molecule has 0 aliphatic heterocycles. The van der Waals surface area contributed by atoms with Crippen molar-refractivity contribution in [2.75, 3.05) is 11.9 Å². The number of aliphatic carboxylic acids is 1. The number of hydrogen-bond acceptors (Lipinski definition) is 5. The number of rotatable bonds is 4. The highest BCUT2D eigenvalue weighted by Crippen LogP contribution is 2.45. The predicted molar refractivity (Wildman–Crippen MR) is 53.3 cm³/mol. The SMILES string of the molecule is O=C(O)C1(CNc2n[nH]c(=O)[nH]c2=O)CC1. The maximum Gasteiger partial charge on any atom is 0.342 e. The molecule has 0 amide bonds. The minimum absolute atomic E-state index is 0.0767. The molecule has 1 heterocycles. The molecule has 0 saturated heterocycles. The zero-order valence-corrected chi connectivity index (χ0v) is 8.24. The fourth-order valence-electron chi connectivity index (χ4n) is 1.34. The Kier molecular flexibility index (Phi) is 2.26. The van der Waals surface area contributed by atoms with Gasteiger partial charge in [0, 0.05) is 6.54 Å². The van der Waals surface area contributed by atoms with Crippen LogP contribution in [-0.4, -0.2) is 32.8 Å². The second-order valence-corrected chi connectivity index (χ2v) is 3.79. The third kappa shape index (κ3) is 1.81. The normalized spacial score (nSPS) is 16.8. The van der Waals surface area contributed by atoms with Gasteiger partial charge in [-0.1, -0.05) is 0 Å². The van der Waals surface area contributed by atoms with Crippen molar-refractivity contribution in [3.05, 3.63) is 20.8 Å². The van der Waals surface area contributed by atoms with Crippen LogP contribution in [0.1, 0.15) is 12.8 Å². The summed E-state index contributed by atoms with van der Waals surface area (Å²) in [4.78, 5) is 34.7. The Balaban J connectivity index is 2.08. The molecule has 1 aromatic rings. The summed E-state index contributed by atoms with van der Waals surface area (Å²) in [5.41, 5.74) is -2.15. The fraction of sp³-hybridized carbons (Fsp3) is 0.500. The highest BCUT2D eigenvalue weighted by atomic mass is 16.4. The summed E-state index contributed by atoms with van der Waals surface area (Å²) < 4.78 is 0. The van der Waals surface area contributed by atoms with E-state index in [2.05, 4.69) is 15.5 Å². The average molecular weight is 226 g/mol. The first-order valence-electron chi connectivity index (χ1n) is 4.70. The maximum atomic E-state index is 11.2. The van der Waals surface area contributed by atoms with Gasteiger partial charge in [0.25, 0.3) is 5.56 Å². The Morgan fingerprint density at radius 1 is 1.50 bits per heavy atom. The van der Waals surface area contributed by atoms with Gasteiger partial charge in [-0.05, 0) is 12.8 Å². The topological polar surface area (TPSA) is 128 Å². The van der Waals surface area contributed by atoms with Crippen molar-refractivity contribution in [1.29, 1.82) is 0 Å². The van der Waals surface area contributed by atoms with Crippen LogP contribution < -0.4 is 16.6 Å². The number of aromatic nitrogens is 3. The smallest absolute Gasteiger partial charge is 0.342 e. The minimum Gasteiger partial charge on any atom is -0.481 e. The van der Waals surface area contributed by atoms with Crippen LogP contribution in [0.4, 0.5) is 5.82 Å². The van der Waals surface area contributed by atoms with Crippen molar-refractivity contribution in [2.24, 2.45) is 5.41 Å². The van der Waals surface area contributed by atoms with Gasteiger partial charge < -0.3 is 10.4 Å². The van der Waals surface area contributed by atoms with Gasteiger partial charge in [-0.2, -0.15) is 0 Å². The van der Waals surface area contributed by atoms with E-state index in [0.717, 1.165) is 0 Å². The number of anilines is 1. The molecule has 8 heteroatoms. The Morgan fingerprint density at radius 2 is 2.19 bits per heavy atom. The molecule has 2 rings (SSSR count). The number of carbonyl (C=O) groups is 1. The number of carboxylic acids is 1. The predicted octanol–water partition coefficient (Wildman–Crippen LogP) is -1.27. The maximum absolute atomic E-state index is 11.2. The van der Waals surface area contributed by atoms with Gasteiger partial charge in [0.15, 0.2) is 0 Å². The first kappa shape index (κ1) is 10.4. The lowest BCUT2D eigenvalue weighted by Crippen LogP contribution is -2.31. The Hall–Kier alpha value is -2.12. The Bertz CT molecular complexity index is 527. The van der Waals surface area contributed by atoms with Gasteiger partial charge in [0.2, 0.25) is 5.82 Å². The van der Waals surface area contributed by atoms with E-state index in [1.807, 2.05) is 4.98 Å². The first-order chi connectivity index (χ1) is 7.53. The van der Waals surface area contributed by atoms with E-state index in [-0.39, 0.29) is 12.4 Å². The number of nitrogens with zero attached hydrogens (tertiary/aromatic N) is 1. The first-order valence-corrected chi connectivity index (χ1v) is 4.70. The van der Waals surface area contributed by atoms with Gasteiger partial charge in [0.1, 0.15) is 0 Å². The largest absolute Gasteiger partial charge is 0.481 e. The molecule has 0 bridgehead atoms. The van der Waals surface area contributed by atoms with E-state index in [1.54, 1.807) is 0 Å². The van der Waals surface area contributed by atoms with E-state index in [4.69, 9.17) is 5.11 Å². The van der Waals surface area contributed by atoms with Crippen molar-refractivity contribution in [3.8, 4) is 0 Å². The number of H-pyrrole nitrogens is 2. The molecule has 0 spiro atoms. The van der Waals surface area contributed by atoms with Gasteiger partial charge in [-0.15, -0.1) is 5.10 Å². The van der Waals surface area contributed by atoms with Crippen molar-refractivity contribution in [3.63, 3.8) is 0 Å². The zero-order valence-electron chi connectivity index (χ0n) is 8.24. The van der Waals surface area contributed by atoms with E-state index in [1.165, 1.54) is 0 Å². The number of hydrogen-bond donors (Lipinski definition) is 4. The van der Waals surface area contributed by atoms with Crippen LogP contribution in [-0.2, 0) is 4.79 Å². The minimum atomic E-state index is -0.888. The summed E-state index contributed by atoms with van der Waals surface area (Å²) in [6.45, 7) is 0.129. The third-order valence-electron chi connectivity index (χ3n) is 2.61. The lowest BCUT2D eigenvalue weighted by atomic mass is 10.1. The molecule has 1 aliphatic carbocycles. The van der Waals surface area contributed by atoms with Crippen LogP contribution in [0.15, 0.2) is 9.59 Å². The second-order valence-electron chi connectivity index (χ2n) is 3.79. The van der Waals surface area contributed by atoms with Gasteiger partial charge in [-0.25, -0.2) is 9.89 Å². The van der Waals surface area contributed by atoms with Crippen LogP contribution in [0, 0.1) is 5.41 Å². The fourth-order valence-corrected chi connectivity index (χ4v) is 1.34. The van der Waals surface area contributed by atoms with Gasteiger partial charge >= 0.3 is 11.7 Å². The lowest BCUT2D eigenvalue weighted by Gasteiger charge is -2.09.